The van der Waals surface area contributed by atoms with Crippen molar-refractivity contribution in [1.82, 2.24) is 19.3 Å². The molecule has 0 aliphatic heterocycles. The van der Waals surface area contributed by atoms with Crippen LogP contribution in [0.5, 0.6) is 11.5 Å². The molecule has 0 amide bonds. The molecule has 0 aliphatic rings. The average molecular weight is 577 g/mol. The third-order valence-electron chi connectivity index (χ3n) is 8.36. The Kier molecular flexibility index (Phi) is 6.62. The van der Waals surface area contributed by atoms with E-state index in [2.05, 4.69) is 143 Å². The molecule has 7 rings (SSSR count). The van der Waals surface area contributed by atoms with Crippen molar-refractivity contribution < 1.29 is 4.74 Å². The second-order valence-corrected chi connectivity index (χ2v) is 12.6. The molecule has 3 aromatic heterocycles. The molecule has 0 unspecified atom stereocenters. The summed E-state index contributed by atoms with van der Waals surface area (Å²) in [5.41, 5.74) is 9.94. The van der Waals surface area contributed by atoms with Crippen LogP contribution in [-0.2, 0) is 5.41 Å². The van der Waals surface area contributed by atoms with Crippen LogP contribution in [0.15, 0.2) is 109 Å². The Morgan fingerprint density at radius 2 is 1.43 bits per heavy atom. The largest absolute Gasteiger partial charge is 0.457 e. The number of nitrogens with zero attached hydrogens (tertiary/aromatic N) is 4. The van der Waals surface area contributed by atoms with E-state index in [0.29, 0.717) is 0 Å². The molecule has 218 valence electrons. The Hall–Kier alpha value is -5.16. The van der Waals surface area contributed by atoms with Crippen LogP contribution >= 0.6 is 0 Å². The minimum absolute atomic E-state index is 0.0148. The summed E-state index contributed by atoms with van der Waals surface area (Å²) in [5, 5.41) is 7.28. The smallest absolute Gasteiger partial charge is 0.137 e. The number of para-hydroxylation sites is 1. The lowest BCUT2D eigenvalue weighted by atomic mass is 9.88. The van der Waals surface area contributed by atoms with Gasteiger partial charge in [-0.1, -0.05) is 69.3 Å². The molecule has 44 heavy (non-hydrogen) atoms. The highest BCUT2D eigenvalue weighted by molar-refractivity contribution is 6.09. The minimum Gasteiger partial charge on any atom is -0.457 e. The van der Waals surface area contributed by atoms with E-state index in [9.17, 15) is 0 Å². The van der Waals surface area contributed by atoms with Gasteiger partial charge >= 0.3 is 0 Å². The maximum atomic E-state index is 6.58. The van der Waals surface area contributed by atoms with Gasteiger partial charge in [0.05, 0.1) is 22.4 Å². The summed E-state index contributed by atoms with van der Waals surface area (Å²) < 4.78 is 10.8. The summed E-state index contributed by atoms with van der Waals surface area (Å²) in [7, 11) is 0. The maximum Gasteiger partial charge on any atom is 0.137 e. The number of benzene rings is 4. The van der Waals surface area contributed by atoms with Gasteiger partial charge in [0.2, 0.25) is 0 Å². The Morgan fingerprint density at radius 1 is 0.682 bits per heavy atom. The number of hydrogen-bond acceptors (Lipinski definition) is 3. The van der Waals surface area contributed by atoms with Crippen LogP contribution in [0.25, 0.3) is 44.4 Å². The molecule has 3 heterocycles. The van der Waals surface area contributed by atoms with Gasteiger partial charge in [-0.15, -0.1) is 0 Å². The summed E-state index contributed by atoms with van der Waals surface area (Å²) in [6, 6.07) is 35.9. The Morgan fingerprint density at radius 3 is 2.23 bits per heavy atom. The lowest BCUT2D eigenvalue weighted by Gasteiger charge is -2.20. The zero-order valence-corrected chi connectivity index (χ0v) is 26.1. The summed E-state index contributed by atoms with van der Waals surface area (Å²) in [6.07, 6.45) is 1.91. The van der Waals surface area contributed by atoms with E-state index >= 15 is 0 Å². The van der Waals surface area contributed by atoms with Crippen molar-refractivity contribution in [2.24, 2.45) is 0 Å². The molecule has 0 atom stereocenters. The van der Waals surface area contributed by atoms with Gasteiger partial charge < -0.3 is 4.74 Å². The van der Waals surface area contributed by atoms with Crippen molar-refractivity contribution in [1.29, 1.82) is 0 Å². The molecule has 0 spiro atoms. The highest BCUT2D eigenvalue weighted by atomic mass is 16.5. The van der Waals surface area contributed by atoms with Gasteiger partial charge in [0.15, 0.2) is 0 Å². The molecule has 5 heteroatoms. The molecular weight excluding hydrogens is 540 g/mol. The van der Waals surface area contributed by atoms with E-state index in [0.717, 1.165) is 61.9 Å². The van der Waals surface area contributed by atoms with E-state index in [-0.39, 0.29) is 5.41 Å². The van der Waals surface area contributed by atoms with Crippen LogP contribution in [0.3, 0.4) is 0 Å². The third kappa shape index (κ3) is 4.84. The molecule has 0 N–H and O–H groups in total. The van der Waals surface area contributed by atoms with Gasteiger partial charge in [-0.25, -0.2) is 9.67 Å². The van der Waals surface area contributed by atoms with Crippen LogP contribution < -0.4 is 4.74 Å². The standard InChI is InChI=1S/C39H36N4O/c1-25-20-30(43-27(3)38(26(2)41-43)28-12-8-7-9-13-28)23-32(21-25)44-31-16-17-34-33-14-10-11-15-35(33)42(36(34)24-31)37-22-29(18-19-40-37)39(4,5)6/h7-24H,1-6H3. The average Bonchev–Trinajstić information content (AvgIpc) is 3.49. The number of ether oxygens (including phenoxy) is 1. The van der Waals surface area contributed by atoms with Gasteiger partial charge in [-0.2, -0.15) is 5.10 Å². The first-order valence-corrected chi connectivity index (χ1v) is 15.1. The van der Waals surface area contributed by atoms with Gasteiger partial charge in [-0.3, -0.25) is 4.57 Å². The predicted octanol–water partition coefficient (Wildman–Crippen LogP) is 10.0. The normalized spacial score (nSPS) is 11.9. The maximum absolute atomic E-state index is 6.58. The van der Waals surface area contributed by atoms with Crippen molar-refractivity contribution in [3.05, 3.63) is 132 Å². The van der Waals surface area contributed by atoms with Crippen molar-refractivity contribution in [3.63, 3.8) is 0 Å². The van der Waals surface area contributed by atoms with Crippen molar-refractivity contribution in [3.8, 4) is 34.1 Å². The molecule has 0 bridgehead atoms. The summed E-state index contributed by atoms with van der Waals surface area (Å²) in [5.74, 6) is 2.43. The van der Waals surface area contributed by atoms with Crippen molar-refractivity contribution >= 4 is 21.8 Å². The highest BCUT2D eigenvalue weighted by Crippen LogP contribution is 2.37. The lowest BCUT2D eigenvalue weighted by molar-refractivity contribution is 0.482. The SMILES string of the molecule is Cc1cc(Oc2ccc3c4ccccc4n(-c4cc(C(C)(C)C)ccn4)c3c2)cc(-n2nc(C)c(-c3ccccc3)c2C)c1. The molecule has 0 saturated carbocycles. The van der Waals surface area contributed by atoms with Crippen molar-refractivity contribution in [2.75, 3.05) is 0 Å². The highest BCUT2D eigenvalue weighted by Gasteiger charge is 2.19. The monoisotopic (exact) mass is 576 g/mol. The number of aryl methyl sites for hydroxylation is 2. The van der Waals surface area contributed by atoms with E-state index in [1.807, 2.05) is 16.9 Å². The van der Waals surface area contributed by atoms with E-state index in [1.165, 1.54) is 16.5 Å². The van der Waals surface area contributed by atoms with Crippen LogP contribution in [0.1, 0.15) is 43.3 Å². The first-order chi connectivity index (χ1) is 21.2. The Labute approximate surface area is 258 Å². The molecule has 0 aliphatic carbocycles. The van der Waals surface area contributed by atoms with Gasteiger partial charge in [0, 0.05) is 40.4 Å². The van der Waals surface area contributed by atoms with Crippen LogP contribution in [0, 0.1) is 20.8 Å². The van der Waals surface area contributed by atoms with E-state index < -0.39 is 0 Å². The fourth-order valence-corrected chi connectivity index (χ4v) is 6.23. The third-order valence-corrected chi connectivity index (χ3v) is 8.36. The van der Waals surface area contributed by atoms with E-state index in [4.69, 9.17) is 14.8 Å². The fraction of sp³-hybridized carbons (Fsp3) is 0.179. The molecule has 0 fully saturated rings. The van der Waals surface area contributed by atoms with Gasteiger partial charge in [0.1, 0.15) is 17.3 Å². The number of pyridine rings is 1. The summed E-state index contributed by atoms with van der Waals surface area (Å²) in [4.78, 5) is 4.82. The zero-order valence-electron chi connectivity index (χ0n) is 26.1. The van der Waals surface area contributed by atoms with Crippen LogP contribution in [0.2, 0.25) is 0 Å². The molecule has 0 radical (unpaired) electrons. The predicted molar refractivity (Wildman–Crippen MR) is 181 cm³/mol. The number of fused-ring (bicyclic) bond motifs is 3. The number of rotatable bonds is 5. The summed E-state index contributed by atoms with van der Waals surface area (Å²) >= 11 is 0. The van der Waals surface area contributed by atoms with Gasteiger partial charge in [0.25, 0.3) is 0 Å². The van der Waals surface area contributed by atoms with Crippen LogP contribution in [-0.4, -0.2) is 19.3 Å². The lowest BCUT2D eigenvalue weighted by Crippen LogP contribution is -2.12. The Balaban J connectivity index is 1.31. The molecule has 5 nitrogen and oxygen atoms in total. The quantitative estimate of drug-likeness (QED) is 0.205. The number of hydrogen-bond donors (Lipinski definition) is 0. The molecule has 4 aromatic carbocycles. The Bertz CT molecular complexity index is 2160. The fourth-order valence-electron chi connectivity index (χ4n) is 6.23. The van der Waals surface area contributed by atoms with E-state index in [1.54, 1.807) is 0 Å². The molecule has 0 saturated heterocycles. The number of aromatic nitrogens is 4. The van der Waals surface area contributed by atoms with Crippen molar-refractivity contribution in [2.45, 2.75) is 47.0 Å². The first-order valence-electron chi connectivity index (χ1n) is 15.1. The minimum atomic E-state index is 0.0148. The first kappa shape index (κ1) is 27.7. The molecular formula is C39H36N4O. The topological polar surface area (TPSA) is 44.9 Å². The van der Waals surface area contributed by atoms with Gasteiger partial charge in [-0.05, 0) is 85.3 Å². The zero-order chi connectivity index (χ0) is 30.6. The molecule has 7 aromatic rings. The second kappa shape index (κ2) is 10.5. The second-order valence-electron chi connectivity index (χ2n) is 12.6. The summed E-state index contributed by atoms with van der Waals surface area (Å²) in [6.45, 7) is 13.0. The van der Waals surface area contributed by atoms with Crippen LogP contribution in [0.4, 0.5) is 0 Å².